The Morgan fingerprint density at radius 3 is 2.60 bits per heavy atom. The summed E-state index contributed by atoms with van der Waals surface area (Å²) in [4.78, 5) is 12.1. The van der Waals surface area contributed by atoms with Crippen LogP contribution in [0, 0.1) is 0 Å². The molecular formula is C15H22N4S. The first-order valence-electron chi connectivity index (χ1n) is 7.07. The second-order valence-electron chi connectivity index (χ2n) is 4.66. The van der Waals surface area contributed by atoms with E-state index < -0.39 is 0 Å². The molecule has 2 heterocycles. The van der Waals surface area contributed by atoms with Gasteiger partial charge in [0.25, 0.3) is 0 Å². The molecule has 0 bridgehead atoms. The summed E-state index contributed by atoms with van der Waals surface area (Å²) >= 11 is 1.77. The van der Waals surface area contributed by atoms with Gasteiger partial charge in [0.05, 0.1) is 0 Å². The van der Waals surface area contributed by atoms with Gasteiger partial charge in [-0.15, -0.1) is 11.3 Å². The van der Waals surface area contributed by atoms with Crippen LogP contribution in [0.4, 0.5) is 5.13 Å². The lowest BCUT2D eigenvalue weighted by Crippen LogP contribution is -2.21. The van der Waals surface area contributed by atoms with Crippen molar-refractivity contribution >= 4 is 16.5 Å². The molecule has 1 unspecified atom stereocenters. The number of aromatic nitrogens is 2. The second kappa shape index (κ2) is 7.36. The first-order valence-corrected chi connectivity index (χ1v) is 7.89. The molecule has 0 aliphatic carbocycles. The van der Waals surface area contributed by atoms with Crippen molar-refractivity contribution in [2.75, 3.05) is 18.0 Å². The van der Waals surface area contributed by atoms with Crippen molar-refractivity contribution in [3.8, 4) is 0 Å². The monoisotopic (exact) mass is 290 g/mol. The molecule has 2 aromatic rings. The van der Waals surface area contributed by atoms with Crippen molar-refractivity contribution < 1.29 is 0 Å². The molecule has 0 aliphatic rings. The summed E-state index contributed by atoms with van der Waals surface area (Å²) < 4.78 is 0. The van der Waals surface area contributed by atoms with E-state index in [0.29, 0.717) is 6.04 Å². The summed E-state index contributed by atoms with van der Waals surface area (Å²) in [5.41, 5.74) is 1.26. The Bertz CT molecular complexity index is 508. The van der Waals surface area contributed by atoms with E-state index in [9.17, 15) is 0 Å². The van der Waals surface area contributed by atoms with Crippen molar-refractivity contribution in [1.82, 2.24) is 15.3 Å². The number of anilines is 1. The van der Waals surface area contributed by atoms with Gasteiger partial charge in [0, 0.05) is 49.1 Å². The molecule has 0 saturated heterocycles. The minimum absolute atomic E-state index is 0.317. The van der Waals surface area contributed by atoms with Gasteiger partial charge in [-0.1, -0.05) is 0 Å². The molecule has 20 heavy (non-hydrogen) atoms. The van der Waals surface area contributed by atoms with E-state index in [2.05, 4.69) is 41.0 Å². The molecule has 0 aromatic carbocycles. The highest BCUT2D eigenvalue weighted by atomic mass is 32.1. The molecule has 0 fully saturated rings. The smallest absolute Gasteiger partial charge is 0.185 e. The lowest BCUT2D eigenvalue weighted by Gasteiger charge is -2.16. The van der Waals surface area contributed by atoms with Gasteiger partial charge in [0.15, 0.2) is 5.13 Å². The van der Waals surface area contributed by atoms with Crippen molar-refractivity contribution in [3.63, 3.8) is 0 Å². The molecule has 0 aliphatic heterocycles. The van der Waals surface area contributed by atoms with Crippen molar-refractivity contribution in [2.24, 2.45) is 0 Å². The zero-order chi connectivity index (χ0) is 14.4. The fourth-order valence-electron chi connectivity index (χ4n) is 2.04. The molecule has 4 nitrogen and oxygen atoms in total. The summed E-state index contributed by atoms with van der Waals surface area (Å²) in [7, 11) is 0. The predicted octanol–water partition coefficient (Wildman–Crippen LogP) is 3.24. The molecule has 1 atom stereocenters. The third kappa shape index (κ3) is 3.77. The van der Waals surface area contributed by atoms with Gasteiger partial charge >= 0.3 is 0 Å². The number of thiazole rings is 1. The third-order valence-electron chi connectivity index (χ3n) is 3.36. The van der Waals surface area contributed by atoms with Crippen LogP contribution < -0.4 is 10.2 Å². The molecule has 0 amide bonds. The van der Waals surface area contributed by atoms with Gasteiger partial charge in [0.2, 0.25) is 0 Å². The van der Waals surface area contributed by atoms with Gasteiger partial charge in [-0.25, -0.2) is 4.98 Å². The number of nitrogens with one attached hydrogen (secondary N) is 1. The number of hydrogen-bond donors (Lipinski definition) is 1. The fraction of sp³-hybridized carbons (Fsp3) is 0.467. The molecule has 108 valence electrons. The Morgan fingerprint density at radius 2 is 1.95 bits per heavy atom. The molecule has 2 aromatic heterocycles. The van der Waals surface area contributed by atoms with Gasteiger partial charge in [0.1, 0.15) is 0 Å². The fourth-order valence-corrected chi connectivity index (χ4v) is 3.03. The van der Waals surface area contributed by atoms with Gasteiger partial charge in [-0.05, 0) is 38.5 Å². The van der Waals surface area contributed by atoms with Crippen LogP contribution in [0.25, 0.3) is 0 Å². The van der Waals surface area contributed by atoms with Gasteiger partial charge < -0.3 is 10.2 Å². The first-order chi connectivity index (χ1) is 9.74. The Balaban J connectivity index is 1.91. The van der Waals surface area contributed by atoms with Gasteiger partial charge in [-0.2, -0.15) is 0 Å². The number of rotatable bonds is 7. The standard InChI is InChI=1S/C15H22N4S/c1-4-19(5-2)15-18-11-14(20-15)10-17-12(3)13-6-8-16-9-7-13/h6-9,11-12,17H,4-5,10H2,1-3H3. The van der Waals surface area contributed by atoms with Crippen LogP contribution in [-0.4, -0.2) is 23.1 Å². The molecule has 1 N–H and O–H groups in total. The van der Waals surface area contributed by atoms with Crippen LogP contribution in [0.1, 0.15) is 37.3 Å². The lowest BCUT2D eigenvalue weighted by atomic mass is 10.1. The van der Waals surface area contributed by atoms with E-state index in [1.54, 1.807) is 11.3 Å². The van der Waals surface area contributed by atoms with E-state index >= 15 is 0 Å². The van der Waals surface area contributed by atoms with Crippen LogP contribution >= 0.6 is 11.3 Å². The SMILES string of the molecule is CCN(CC)c1ncc(CNC(C)c2ccncc2)s1. The Hall–Kier alpha value is -1.46. The van der Waals surface area contributed by atoms with E-state index in [1.807, 2.05) is 30.7 Å². The summed E-state index contributed by atoms with van der Waals surface area (Å²) in [5, 5.41) is 4.64. The van der Waals surface area contributed by atoms with Crippen LogP contribution in [0.5, 0.6) is 0 Å². The van der Waals surface area contributed by atoms with Crippen molar-refractivity contribution in [3.05, 3.63) is 41.2 Å². The average Bonchev–Trinajstić information content (AvgIpc) is 2.96. The van der Waals surface area contributed by atoms with Crippen LogP contribution in [0.2, 0.25) is 0 Å². The first kappa shape index (κ1) is 14.9. The van der Waals surface area contributed by atoms with Crippen LogP contribution in [-0.2, 0) is 6.54 Å². The Morgan fingerprint density at radius 1 is 1.25 bits per heavy atom. The van der Waals surface area contributed by atoms with E-state index in [-0.39, 0.29) is 0 Å². The summed E-state index contributed by atoms with van der Waals surface area (Å²) in [6.45, 7) is 9.35. The topological polar surface area (TPSA) is 41.1 Å². The summed E-state index contributed by atoms with van der Waals surface area (Å²) in [6, 6.07) is 4.41. The zero-order valence-corrected chi connectivity index (χ0v) is 13.2. The van der Waals surface area contributed by atoms with E-state index in [0.717, 1.165) is 24.8 Å². The Kier molecular flexibility index (Phi) is 5.49. The zero-order valence-electron chi connectivity index (χ0n) is 12.3. The van der Waals surface area contributed by atoms with E-state index in [1.165, 1.54) is 10.4 Å². The molecular weight excluding hydrogens is 268 g/mol. The summed E-state index contributed by atoms with van der Waals surface area (Å²) in [5.74, 6) is 0. The van der Waals surface area contributed by atoms with Crippen LogP contribution in [0.15, 0.2) is 30.7 Å². The highest BCUT2D eigenvalue weighted by Crippen LogP contribution is 2.22. The number of nitrogens with zero attached hydrogens (tertiary/aromatic N) is 3. The number of pyridine rings is 1. The molecule has 0 saturated carbocycles. The average molecular weight is 290 g/mol. The quantitative estimate of drug-likeness (QED) is 0.850. The highest BCUT2D eigenvalue weighted by molar-refractivity contribution is 7.15. The normalized spacial score (nSPS) is 12.3. The maximum absolute atomic E-state index is 4.50. The largest absolute Gasteiger partial charge is 0.349 e. The van der Waals surface area contributed by atoms with Crippen molar-refractivity contribution in [1.29, 1.82) is 0 Å². The lowest BCUT2D eigenvalue weighted by molar-refractivity contribution is 0.578. The predicted molar refractivity (Wildman–Crippen MR) is 85.2 cm³/mol. The van der Waals surface area contributed by atoms with Crippen LogP contribution in [0.3, 0.4) is 0 Å². The number of hydrogen-bond acceptors (Lipinski definition) is 5. The van der Waals surface area contributed by atoms with E-state index in [4.69, 9.17) is 0 Å². The summed E-state index contributed by atoms with van der Waals surface area (Å²) in [6.07, 6.45) is 5.64. The Labute approximate surface area is 124 Å². The molecule has 0 spiro atoms. The maximum Gasteiger partial charge on any atom is 0.185 e. The molecule has 5 heteroatoms. The molecule has 2 rings (SSSR count). The molecule has 0 radical (unpaired) electrons. The highest BCUT2D eigenvalue weighted by Gasteiger charge is 2.09. The van der Waals surface area contributed by atoms with Gasteiger partial charge in [-0.3, -0.25) is 4.98 Å². The maximum atomic E-state index is 4.50. The second-order valence-corrected chi connectivity index (χ2v) is 5.76. The van der Waals surface area contributed by atoms with Crippen molar-refractivity contribution in [2.45, 2.75) is 33.4 Å². The minimum Gasteiger partial charge on any atom is -0.349 e. The third-order valence-corrected chi connectivity index (χ3v) is 4.42. The minimum atomic E-state index is 0.317.